The van der Waals surface area contributed by atoms with Crippen LogP contribution in [-0.2, 0) is 14.3 Å². The highest BCUT2D eigenvalue weighted by Gasteiger charge is 2.62. The largest absolute Gasteiger partial charge is 0.465 e. The van der Waals surface area contributed by atoms with Crippen molar-refractivity contribution in [1.82, 2.24) is 0 Å². The van der Waals surface area contributed by atoms with Gasteiger partial charge < -0.3 is 4.74 Å². The standard InChI is InChI=1S/C30H23NO4/c1-35-30(34)20-14-8-9-15-23(20)31-28(32)26-21-16-17-22(27(26)29(31)33)25(21)24(18-10-4-2-5-11-18)19-12-6-3-7-13-19/h2-17,21-22,26-27H,1H3/t21-,22-,26+,27+/m1/s1. The fourth-order valence-electron chi connectivity index (χ4n) is 5.99. The molecule has 1 aliphatic heterocycles. The highest BCUT2D eigenvalue weighted by Crippen LogP contribution is 2.59. The number of anilines is 1. The number of benzene rings is 3. The van der Waals surface area contributed by atoms with Crippen LogP contribution in [0.15, 0.2) is 103 Å². The van der Waals surface area contributed by atoms with E-state index in [1.54, 1.807) is 24.3 Å². The molecule has 0 spiro atoms. The number of para-hydroxylation sites is 1. The van der Waals surface area contributed by atoms with E-state index in [2.05, 4.69) is 36.4 Å². The Morgan fingerprint density at radius 2 is 1.20 bits per heavy atom. The Morgan fingerprint density at radius 1 is 0.714 bits per heavy atom. The average Bonchev–Trinajstić information content (AvgIpc) is 3.54. The molecule has 0 unspecified atom stereocenters. The zero-order chi connectivity index (χ0) is 24.1. The predicted octanol–water partition coefficient (Wildman–Crippen LogP) is 4.90. The Hall–Kier alpha value is -4.25. The number of hydrogen-bond donors (Lipinski definition) is 0. The second kappa shape index (κ2) is 8.20. The van der Waals surface area contributed by atoms with Gasteiger partial charge in [-0.2, -0.15) is 0 Å². The van der Waals surface area contributed by atoms with E-state index in [9.17, 15) is 14.4 Å². The SMILES string of the molecule is COC(=O)c1ccccc1N1C(=O)[C@@H]2[C@@H](C1=O)[C@@H]1C=C[C@@H]2C1=C(c1ccccc1)c1ccccc1. The fourth-order valence-corrected chi connectivity index (χ4v) is 5.99. The van der Waals surface area contributed by atoms with Crippen molar-refractivity contribution >= 4 is 29.0 Å². The number of carbonyl (C=O) groups is 3. The number of nitrogens with zero attached hydrogens (tertiary/aromatic N) is 1. The van der Waals surface area contributed by atoms with Crippen LogP contribution >= 0.6 is 0 Å². The quantitative estimate of drug-likeness (QED) is 0.315. The topological polar surface area (TPSA) is 63.7 Å². The zero-order valence-corrected chi connectivity index (χ0v) is 19.1. The molecule has 1 saturated heterocycles. The molecule has 172 valence electrons. The van der Waals surface area contributed by atoms with Gasteiger partial charge >= 0.3 is 5.97 Å². The van der Waals surface area contributed by atoms with Crippen molar-refractivity contribution < 1.29 is 19.1 Å². The third-order valence-corrected chi connectivity index (χ3v) is 7.38. The molecule has 4 atom stereocenters. The van der Waals surface area contributed by atoms with Crippen LogP contribution in [0.1, 0.15) is 21.5 Å². The van der Waals surface area contributed by atoms with Crippen molar-refractivity contribution in [2.75, 3.05) is 12.0 Å². The summed E-state index contributed by atoms with van der Waals surface area (Å²) in [7, 11) is 1.29. The van der Waals surface area contributed by atoms with Gasteiger partial charge in [0.25, 0.3) is 0 Å². The van der Waals surface area contributed by atoms with Crippen molar-refractivity contribution in [3.63, 3.8) is 0 Å². The predicted molar refractivity (Wildman–Crippen MR) is 132 cm³/mol. The van der Waals surface area contributed by atoms with Crippen molar-refractivity contribution in [2.45, 2.75) is 0 Å². The first kappa shape index (κ1) is 21.3. The molecule has 0 N–H and O–H groups in total. The molecule has 1 heterocycles. The van der Waals surface area contributed by atoms with Gasteiger partial charge in [-0.3, -0.25) is 9.59 Å². The summed E-state index contributed by atoms with van der Waals surface area (Å²) < 4.78 is 4.89. The Kier molecular flexibility index (Phi) is 4.99. The smallest absolute Gasteiger partial charge is 0.339 e. The van der Waals surface area contributed by atoms with Gasteiger partial charge in [-0.1, -0.05) is 84.9 Å². The minimum absolute atomic E-state index is 0.174. The summed E-state index contributed by atoms with van der Waals surface area (Å²) in [5.41, 5.74) is 4.85. The Labute approximate surface area is 203 Å². The molecule has 5 nitrogen and oxygen atoms in total. The van der Waals surface area contributed by atoms with Crippen molar-refractivity contribution in [3.05, 3.63) is 119 Å². The molecular weight excluding hydrogens is 438 g/mol. The van der Waals surface area contributed by atoms with Gasteiger partial charge in [0.05, 0.1) is 30.2 Å². The van der Waals surface area contributed by atoms with Gasteiger partial charge in [-0.25, -0.2) is 9.69 Å². The number of rotatable bonds is 4. The number of esters is 1. The number of imide groups is 1. The highest BCUT2D eigenvalue weighted by atomic mass is 16.5. The summed E-state index contributed by atoms with van der Waals surface area (Å²) in [6.07, 6.45) is 4.15. The molecule has 2 bridgehead atoms. The number of fused-ring (bicyclic) bond motifs is 5. The fraction of sp³-hybridized carbons (Fsp3) is 0.167. The Balaban J connectivity index is 1.48. The van der Waals surface area contributed by atoms with Crippen LogP contribution in [-0.4, -0.2) is 24.9 Å². The van der Waals surface area contributed by atoms with Crippen LogP contribution in [0, 0.1) is 23.7 Å². The second-order valence-corrected chi connectivity index (χ2v) is 9.07. The number of methoxy groups -OCH3 is 1. The summed E-state index contributed by atoms with van der Waals surface area (Å²) in [6, 6.07) is 26.9. The lowest BCUT2D eigenvalue weighted by Gasteiger charge is -2.22. The molecule has 0 aromatic heterocycles. The van der Waals surface area contributed by atoms with Gasteiger partial charge in [-0.05, 0) is 34.4 Å². The monoisotopic (exact) mass is 461 g/mol. The van der Waals surface area contributed by atoms with Gasteiger partial charge in [-0.15, -0.1) is 0 Å². The van der Waals surface area contributed by atoms with Crippen molar-refractivity contribution in [2.24, 2.45) is 23.7 Å². The first-order valence-corrected chi connectivity index (χ1v) is 11.7. The molecule has 0 radical (unpaired) electrons. The maximum atomic E-state index is 13.8. The summed E-state index contributed by atoms with van der Waals surface area (Å²) in [5, 5.41) is 0. The number of ether oxygens (including phenoxy) is 1. The minimum Gasteiger partial charge on any atom is -0.465 e. The molecule has 3 aromatic carbocycles. The van der Waals surface area contributed by atoms with E-state index >= 15 is 0 Å². The summed E-state index contributed by atoms with van der Waals surface area (Å²) in [6.45, 7) is 0. The van der Waals surface area contributed by atoms with Crippen LogP contribution in [0.2, 0.25) is 0 Å². The van der Waals surface area contributed by atoms with E-state index in [1.165, 1.54) is 12.0 Å². The van der Waals surface area contributed by atoms with Gasteiger partial charge in [0, 0.05) is 11.8 Å². The average molecular weight is 462 g/mol. The molecule has 3 aliphatic rings. The summed E-state index contributed by atoms with van der Waals surface area (Å²) in [4.78, 5) is 41.1. The van der Waals surface area contributed by atoms with E-state index < -0.39 is 17.8 Å². The molecular formula is C30H23NO4. The van der Waals surface area contributed by atoms with Gasteiger partial charge in [0.15, 0.2) is 0 Å². The first-order chi connectivity index (χ1) is 17.1. The first-order valence-electron chi connectivity index (χ1n) is 11.7. The maximum absolute atomic E-state index is 13.8. The normalized spacial score (nSPS) is 24.1. The minimum atomic E-state index is -0.574. The number of hydrogen-bond acceptors (Lipinski definition) is 4. The third kappa shape index (κ3) is 3.12. The lowest BCUT2D eigenvalue weighted by molar-refractivity contribution is -0.122. The van der Waals surface area contributed by atoms with Crippen LogP contribution in [0.4, 0.5) is 5.69 Å². The van der Waals surface area contributed by atoms with Crippen molar-refractivity contribution in [1.29, 1.82) is 0 Å². The lowest BCUT2D eigenvalue weighted by Crippen LogP contribution is -2.34. The van der Waals surface area contributed by atoms with E-state index in [-0.39, 0.29) is 29.2 Å². The van der Waals surface area contributed by atoms with E-state index in [1.807, 2.05) is 36.4 Å². The zero-order valence-electron chi connectivity index (χ0n) is 19.1. The van der Waals surface area contributed by atoms with E-state index in [4.69, 9.17) is 4.74 Å². The number of amides is 2. The molecule has 2 aliphatic carbocycles. The lowest BCUT2D eigenvalue weighted by atomic mass is 9.85. The Morgan fingerprint density at radius 3 is 1.71 bits per heavy atom. The number of carbonyl (C=O) groups excluding carboxylic acids is 3. The van der Waals surface area contributed by atoms with Crippen LogP contribution < -0.4 is 4.90 Å². The molecule has 35 heavy (non-hydrogen) atoms. The molecule has 2 fully saturated rings. The van der Waals surface area contributed by atoms with Crippen LogP contribution in [0.5, 0.6) is 0 Å². The maximum Gasteiger partial charge on any atom is 0.339 e. The summed E-state index contributed by atoms with van der Waals surface area (Å²) in [5.74, 6) is -2.41. The molecule has 2 amide bonds. The molecule has 3 aromatic rings. The van der Waals surface area contributed by atoms with E-state index in [0.717, 1.165) is 22.3 Å². The molecule has 6 rings (SSSR count). The van der Waals surface area contributed by atoms with Gasteiger partial charge in [0.1, 0.15) is 0 Å². The Bertz CT molecular complexity index is 1330. The highest BCUT2D eigenvalue weighted by molar-refractivity contribution is 6.25. The third-order valence-electron chi connectivity index (χ3n) is 7.38. The second-order valence-electron chi connectivity index (χ2n) is 9.07. The van der Waals surface area contributed by atoms with Crippen LogP contribution in [0.3, 0.4) is 0 Å². The van der Waals surface area contributed by atoms with E-state index in [0.29, 0.717) is 5.69 Å². The summed E-state index contributed by atoms with van der Waals surface area (Å²) >= 11 is 0. The molecule has 5 heteroatoms. The van der Waals surface area contributed by atoms with Gasteiger partial charge in [0.2, 0.25) is 11.8 Å². The van der Waals surface area contributed by atoms with Crippen LogP contribution in [0.25, 0.3) is 5.57 Å². The molecule has 1 saturated carbocycles. The number of allylic oxidation sites excluding steroid dienone is 3. The van der Waals surface area contributed by atoms with Crippen molar-refractivity contribution in [3.8, 4) is 0 Å².